The van der Waals surface area contributed by atoms with E-state index in [9.17, 15) is 0 Å². The lowest BCUT2D eigenvalue weighted by Gasteiger charge is -2.44. The van der Waals surface area contributed by atoms with Crippen molar-refractivity contribution in [2.45, 2.75) is 52.1 Å². The van der Waals surface area contributed by atoms with Gasteiger partial charge in [-0.1, -0.05) is 13.8 Å². The van der Waals surface area contributed by atoms with Gasteiger partial charge in [0.2, 0.25) is 0 Å². The van der Waals surface area contributed by atoms with Crippen molar-refractivity contribution in [2.75, 3.05) is 39.3 Å². The molecule has 2 aliphatic heterocycles. The predicted octanol–water partition coefficient (Wildman–Crippen LogP) is 3.51. The Kier molecular flexibility index (Phi) is 6.13. The number of nitrogens with zero attached hydrogens (tertiary/aromatic N) is 2. The lowest BCUT2D eigenvalue weighted by Crippen LogP contribution is -2.54. The minimum Gasteiger partial charge on any atom is -0.314 e. The van der Waals surface area contributed by atoms with Crippen LogP contribution in [0.15, 0.2) is 11.4 Å². The van der Waals surface area contributed by atoms with E-state index in [0.29, 0.717) is 12.1 Å². The summed E-state index contributed by atoms with van der Waals surface area (Å²) >= 11 is 1.96. The zero-order valence-corrected chi connectivity index (χ0v) is 15.9. The number of thiophene rings is 1. The van der Waals surface area contributed by atoms with E-state index in [-0.39, 0.29) is 0 Å². The molecule has 23 heavy (non-hydrogen) atoms. The molecule has 3 heterocycles. The van der Waals surface area contributed by atoms with Crippen molar-refractivity contribution in [3.8, 4) is 0 Å². The molecule has 0 amide bonds. The largest absolute Gasteiger partial charge is 0.314 e. The second kappa shape index (κ2) is 8.11. The quantitative estimate of drug-likeness (QED) is 0.888. The summed E-state index contributed by atoms with van der Waals surface area (Å²) < 4.78 is 0. The molecule has 1 aromatic rings. The Balaban J connectivity index is 1.80. The third-order valence-electron chi connectivity index (χ3n) is 5.64. The standard InChI is InChI=1S/C19H33N3S/c1-4-17-12-20-8-10-22(17)18(19-16(3)7-11-23-19)14-21-9-5-6-15(2)13-21/h7,11,15,17-18,20H,4-6,8-10,12-14H2,1-3H3. The first-order chi connectivity index (χ1) is 11.2. The molecule has 0 spiro atoms. The van der Waals surface area contributed by atoms with Crippen molar-refractivity contribution in [1.29, 1.82) is 0 Å². The van der Waals surface area contributed by atoms with Gasteiger partial charge in [0.15, 0.2) is 0 Å². The molecule has 3 unspecified atom stereocenters. The number of hydrogen-bond donors (Lipinski definition) is 1. The first-order valence-corrected chi connectivity index (χ1v) is 10.3. The highest BCUT2D eigenvalue weighted by Gasteiger charge is 2.32. The van der Waals surface area contributed by atoms with Gasteiger partial charge in [-0.2, -0.15) is 0 Å². The van der Waals surface area contributed by atoms with Gasteiger partial charge in [-0.3, -0.25) is 4.90 Å². The maximum absolute atomic E-state index is 3.59. The van der Waals surface area contributed by atoms with Crippen LogP contribution in [0.2, 0.25) is 0 Å². The second-order valence-electron chi connectivity index (χ2n) is 7.49. The molecule has 0 radical (unpaired) electrons. The van der Waals surface area contributed by atoms with Crippen molar-refractivity contribution in [3.63, 3.8) is 0 Å². The van der Waals surface area contributed by atoms with Crippen molar-refractivity contribution in [3.05, 3.63) is 21.9 Å². The summed E-state index contributed by atoms with van der Waals surface area (Å²) in [5, 5.41) is 5.87. The van der Waals surface area contributed by atoms with E-state index in [0.717, 1.165) is 19.0 Å². The van der Waals surface area contributed by atoms with Crippen LogP contribution in [-0.4, -0.2) is 55.1 Å². The maximum Gasteiger partial charge on any atom is 0.0575 e. The summed E-state index contributed by atoms with van der Waals surface area (Å²) in [4.78, 5) is 7.13. The maximum atomic E-state index is 3.59. The monoisotopic (exact) mass is 335 g/mol. The summed E-state index contributed by atoms with van der Waals surface area (Å²) in [5.74, 6) is 0.860. The van der Waals surface area contributed by atoms with Crippen LogP contribution in [0.25, 0.3) is 0 Å². The normalized spacial score (nSPS) is 28.8. The molecule has 3 rings (SSSR count). The smallest absolute Gasteiger partial charge is 0.0575 e. The van der Waals surface area contributed by atoms with Crippen LogP contribution < -0.4 is 5.32 Å². The van der Waals surface area contributed by atoms with E-state index in [1.165, 1.54) is 51.0 Å². The molecule has 0 saturated carbocycles. The number of likely N-dealkylation sites (tertiary alicyclic amines) is 1. The van der Waals surface area contributed by atoms with Gasteiger partial charge < -0.3 is 10.2 Å². The van der Waals surface area contributed by atoms with E-state index in [1.807, 2.05) is 11.3 Å². The molecule has 3 nitrogen and oxygen atoms in total. The molecule has 0 bridgehead atoms. The fraction of sp³-hybridized carbons (Fsp3) is 0.789. The fourth-order valence-corrected chi connectivity index (χ4v) is 5.37. The topological polar surface area (TPSA) is 18.5 Å². The van der Waals surface area contributed by atoms with Crippen molar-refractivity contribution in [2.24, 2.45) is 5.92 Å². The molecular weight excluding hydrogens is 302 g/mol. The number of piperazine rings is 1. The van der Waals surface area contributed by atoms with Crippen LogP contribution in [0.4, 0.5) is 0 Å². The molecule has 1 aromatic heterocycles. The molecule has 2 saturated heterocycles. The van der Waals surface area contributed by atoms with Crippen molar-refractivity contribution < 1.29 is 0 Å². The molecule has 2 aliphatic rings. The zero-order chi connectivity index (χ0) is 16.2. The lowest BCUT2D eigenvalue weighted by molar-refractivity contribution is 0.0632. The Hall–Kier alpha value is -0.420. The number of hydrogen-bond acceptors (Lipinski definition) is 4. The summed E-state index contributed by atoms with van der Waals surface area (Å²) in [7, 11) is 0. The van der Waals surface area contributed by atoms with Crippen molar-refractivity contribution in [1.82, 2.24) is 15.1 Å². The van der Waals surface area contributed by atoms with Crippen LogP contribution in [-0.2, 0) is 0 Å². The van der Waals surface area contributed by atoms with Crippen LogP contribution >= 0.6 is 11.3 Å². The fourth-order valence-electron chi connectivity index (χ4n) is 4.33. The zero-order valence-electron chi connectivity index (χ0n) is 15.1. The predicted molar refractivity (Wildman–Crippen MR) is 100 cm³/mol. The molecule has 1 N–H and O–H groups in total. The Morgan fingerprint density at radius 3 is 2.96 bits per heavy atom. The molecular formula is C19H33N3S. The summed E-state index contributed by atoms with van der Waals surface area (Å²) in [6.45, 7) is 14.3. The molecule has 4 heteroatoms. The van der Waals surface area contributed by atoms with Crippen molar-refractivity contribution >= 4 is 11.3 Å². The van der Waals surface area contributed by atoms with Gasteiger partial charge in [0.1, 0.15) is 0 Å². The van der Waals surface area contributed by atoms with Crippen LogP contribution in [0, 0.1) is 12.8 Å². The van der Waals surface area contributed by atoms with E-state index in [4.69, 9.17) is 0 Å². The van der Waals surface area contributed by atoms with Crippen LogP contribution in [0.3, 0.4) is 0 Å². The minimum atomic E-state index is 0.576. The molecule has 2 fully saturated rings. The molecule has 3 atom stereocenters. The van der Waals surface area contributed by atoms with E-state index in [1.54, 1.807) is 4.88 Å². The molecule has 0 aromatic carbocycles. The van der Waals surface area contributed by atoms with Gasteiger partial charge in [-0.25, -0.2) is 0 Å². The van der Waals surface area contributed by atoms with Gasteiger partial charge in [-0.15, -0.1) is 11.3 Å². The first kappa shape index (κ1) is 17.4. The van der Waals surface area contributed by atoms with Crippen LogP contribution in [0.5, 0.6) is 0 Å². The summed E-state index contributed by atoms with van der Waals surface area (Å²) in [5.41, 5.74) is 1.48. The second-order valence-corrected chi connectivity index (χ2v) is 8.44. The van der Waals surface area contributed by atoms with E-state index < -0.39 is 0 Å². The van der Waals surface area contributed by atoms with E-state index in [2.05, 4.69) is 47.3 Å². The minimum absolute atomic E-state index is 0.576. The number of rotatable bonds is 5. The Morgan fingerprint density at radius 2 is 2.26 bits per heavy atom. The SMILES string of the molecule is CCC1CNCCN1C(CN1CCCC(C)C1)c1sccc1C. The van der Waals surface area contributed by atoms with Gasteiger partial charge in [-0.05, 0) is 55.7 Å². The Bertz CT molecular complexity index is 487. The van der Waals surface area contributed by atoms with Gasteiger partial charge in [0.05, 0.1) is 6.04 Å². The number of aryl methyl sites for hydroxylation is 1. The van der Waals surface area contributed by atoms with Gasteiger partial charge in [0.25, 0.3) is 0 Å². The van der Waals surface area contributed by atoms with Gasteiger partial charge in [0, 0.05) is 43.6 Å². The average molecular weight is 336 g/mol. The highest BCUT2D eigenvalue weighted by atomic mass is 32.1. The highest BCUT2D eigenvalue weighted by molar-refractivity contribution is 7.10. The van der Waals surface area contributed by atoms with E-state index >= 15 is 0 Å². The highest BCUT2D eigenvalue weighted by Crippen LogP contribution is 2.33. The number of nitrogens with one attached hydrogen (secondary N) is 1. The lowest BCUT2D eigenvalue weighted by atomic mass is 9.98. The third kappa shape index (κ3) is 4.16. The third-order valence-corrected chi connectivity index (χ3v) is 6.76. The van der Waals surface area contributed by atoms with Crippen LogP contribution in [0.1, 0.15) is 49.6 Å². The molecule has 0 aliphatic carbocycles. The Labute approximate surface area is 146 Å². The average Bonchev–Trinajstić information content (AvgIpc) is 2.98. The number of piperidine rings is 1. The Morgan fingerprint density at radius 1 is 1.39 bits per heavy atom. The summed E-state index contributed by atoms with van der Waals surface area (Å²) in [6, 6.07) is 3.56. The first-order valence-electron chi connectivity index (χ1n) is 9.41. The molecule has 130 valence electrons. The van der Waals surface area contributed by atoms with Gasteiger partial charge >= 0.3 is 0 Å². The summed E-state index contributed by atoms with van der Waals surface area (Å²) in [6.07, 6.45) is 4.02.